The number of nitrogens with two attached hydrogens (primary N) is 1. The van der Waals surface area contributed by atoms with Crippen LogP contribution >= 0.6 is 11.6 Å². The summed E-state index contributed by atoms with van der Waals surface area (Å²) in [5, 5.41) is 19.2. The Morgan fingerprint density at radius 1 is 1.50 bits per heavy atom. The summed E-state index contributed by atoms with van der Waals surface area (Å²) in [4.78, 5) is 10.5. The Balaban J connectivity index is 2.90. The lowest BCUT2D eigenvalue weighted by atomic mass is 10.0. The summed E-state index contributed by atoms with van der Waals surface area (Å²) in [5.41, 5.74) is 4.88. The van der Waals surface area contributed by atoms with E-state index in [0.29, 0.717) is 0 Å². The summed E-state index contributed by atoms with van der Waals surface area (Å²) in [6.07, 6.45) is -3.28. The molecule has 0 radical (unpaired) electrons. The molecule has 0 saturated carbocycles. The van der Waals surface area contributed by atoms with E-state index in [4.69, 9.17) is 17.3 Å². The monoisotopic (exact) mass is 247 g/mol. The van der Waals surface area contributed by atoms with Crippen LogP contribution < -0.4 is 5.73 Å². The first-order valence-electron chi connectivity index (χ1n) is 4.51. The third kappa shape index (κ3) is 3.16. The highest BCUT2D eigenvalue weighted by Crippen LogP contribution is 2.27. The standard InChI is InChI=1S/C10H11ClFNO3/c11-7-2-1-5(12)3-6(7)10(16)8(14)4-9(13)15/h1-3,8,10,14,16H,4H2,(H2,13,15). The molecule has 88 valence electrons. The van der Waals surface area contributed by atoms with Crippen molar-refractivity contribution < 1.29 is 19.4 Å². The summed E-state index contributed by atoms with van der Waals surface area (Å²) in [6.45, 7) is 0. The highest BCUT2D eigenvalue weighted by atomic mass is 35.5. The Bertz CT molecular complexity index is 400. The van der Waals surface area contributed by atoms with Crippen molar-refractivity contribution in [2.24, 2.45) is 5.73 Å². The summed E-state index contributed by atoms with van der Waals surface area (Å²) in [5.74, 6) is -1.36. The summed E-state index contributed by atoms with van der Waals surface area (Å²) >= 11 is 5.72. The van der Waals surface area contributed by atoms with Gasteiger partial charge in [0.15, 0.2) is 0 Å². The summed E-state index contributed by atoms with van der Waals surface area (Å²) in [7, 11) is 0. The molecule has 1 rings (SSSR count). The van der Waals surface area contributed by atoms with Gasteiger partial charge >= 0.3 is 0 Å². The number of hydrogen-bond acceptors (Lipinski definition) is 3. The zero-order chi connectivity index (χ0) is 12.3. The first-order chi connectivity index (χ1) is 7.41. The second kappa shape index (κ2) is 5.25. The fraction of sp³-hybridized carbons (Fsp3) is 0.300. The van der Waals surface area contributed by atoms with Crippen LogP contribution in [0.2, 0.25) is 5.02 Å². The molecule has 0 bridgehead atoms. The second-order valence-electron chi connectivity index (χ2n) is 3.35. The fourth-order valence-corrected chi connectivity index (χ4v) is 1.50. The van der Waals surface area contributed by atoms with Gasteiger partial charge in [-0.15, -0.1) is 0 Å². The highest BCUT2D eigenvalue weighted by molar-refractivity contribution is 6.31. The van der Waals surface area contributed by atoms with Crippen molar-refractivity contribution in [3.63, 3.8) is 0 Å². The smallest absolute Gasteiger partial charge is 0.220 e. The fourth-order valence-electron chi connectivity index (χ4n) is 1.27. The largest absolute Gasteiger partial charge is 0.390 e. The predicted molar refractivity (Wildman–Crippen MR) is 56.2 cm³/mol. The van der Waals surface area contributed by atoms with Gasteiger partial charge in [0.25, 0.3) is 0 Å². The number of rotatable bonds is 4. The Labute approximate surface area is 96.4 Å². The predicted octanol–water partition coefficient (Wildman–Crippen LogP) is 0.749. The van der Waals surface area contributed by atoms with Crippen LogP contribution in [0.1, 0.15) is 18.1 Å². The molecule has 0 saturated heterocycles. The van der Waals surface area contributed by atoms with Crippen LogP contribution in [-0.2, 0) is 4.79 Å². The maximum Gasteiger partial charge on any atom is 0.220 e. The normalized spacial score (nSPS) is 14.5. The molecule has 0 aliphatic heterocycles. The van der Waals surface area contributed by atoms with E-state index in [0.717, 1.165) is 12.1 Å². The molecule has 2 atom stereocenters. The third-order valence-electron chi connectivity index (χ3n) is 2.05. The molecule has 1 aromatic rings. The highest BCUT2D eigenvalue weighted by Gasteiger charge is 2.22. The molecule has 0 heterocycles. The molecule has 0 aromatic heterocycles. The molecule has 1 aromatic carbocycles. The van der Waals surface area contributed by atoms with Crippen molar-refractivity contribution in [3.8, 4) is 0 Å². The summed E-state index contributed by atoms with van der Waals surface area (Å²) in [6, 6.07) is 3.38. The first-order valence-corrected chi connectivity index (χ1v) is 4.89. The van der Waals surface area contributed by atoms with E-state index in [9.17, 15) is 19.4 Å². The Morgan fingerprint density at radius 2 is 2.12 bits per heavy atom. The Kier molecular flexibility index (Phi) is 4.23. The molecule has 0 spiro atoms. The topological polar surface area (TPSA) is 83.6 Å². The van der Waals surface area contributed by atoms with Crippen molar-refractivity contribution in [2.45, 2.75) is 18.6 Å². The van der Waals surface area contributed by atoms with E-state index in [2.05, 4.69) is 0 Å². The van der Waals surface area contributed by atoms with Gasteiger partial charge in [0.2, 0.25) is 5.91 Å². The van der Waals surface area contributed by atoms with E-state index < -0.39 is 30.4 Å². The second-order valence-corrected chi connectivity index (χ2v) is 3.76. The minimum Gasteiger partial charge on any atom is -0.390 e. The number of primary amides is 1. The number of benzene rings is 1. The molecule has 16 heavy (non-hydrogen) atoms. The van der Waals surface area contributed by atoms with Gasteiger partial charge in [0.1, 0.15) is 11.9 Å². The number of aliphatic hydroxyl groups excluding tert-OH is 2. The van der Waals surface area contributed by atoms with Gasteiger partial charge in [-0.05, 0) is 18.2 Å². The van der Waals surface area contributed by atoms with Crippen LogP contribution in [0.25, 0.3) is 0 Å². The lowest BCUT2D eigenvalue weighted by molar-refractivity contribution is -0.121. The van der Waals surface area contributed by atoms with E-state index in [-0.39, 0.29) is 10.6 Å². The van der Waals surface area contributed by atoms with Gasteiger partial charge in [-0.2, -0.15) is 0 Å². The lowest BCUT2D eigenvalue weighted by Crippen LogP contribution is -2.25. The zero-order valence-corrected chi connectivity index (χ0v) is 8.99. The number of carbonyl (C=O) groups excluding carboxylic acids is 1. The minimum absolute atomic E-state index is 0.0235. The van der Waals surface area contributed by atoms with Crippen molar-refractivity contribution in [1.82, 2.24) is 0 Å². The van der Waals surface area contributed by atoms with E-state index in [1.807, 2.05) is 0 Å². The lowest BCUT2D eigenvalue weighted by Gasteiger charge is -2.17. The number of hydrogen-bond donors (Lipinski definition) is 3. The molecule has 1 amide bonds. The number of amides is 1. The number of halogens is 2. The molecule has 2 unspecified atom stereocenters. The van der Waals surface area contributed by atoms with E-state index in [1.54, 1.807) is 0 Å². The average Bonchev–Trinajstić information content (AvgIpc) is 2.19. The number of aliphatic hydroxyl groups is 2. The average molecular weight is 248 g/mol. The zero-order valence-electron chi connectivity index (χ0n) is 8.23. The molecular formula is C10H11ClFNO3. The first kappa shape index (κ1) is 12.9. The van der Waals surface area contributed by atoms with Gasteiger partial charge in [-0.25, -0.2) is 4.39 Å². The SMILES string of the molecule is NC(=O)CC(O)C(O)c1cc(F)ccc1Cl. The molecule has 0 aliphatic carbocycles. The van der Waals surface area contributed by atoms with E-state index >= 15 is 0 Å². The van der Waals surface area contributed by atoms with Crippen molar-refractivity contribution >= 4 is 17.5 Å². The quantitative estimate of drug-likeness (QED) is 0.734. The van der Waals surface area contributed by atoms with Crippen LogP contribution in [0.15, 0.2) is 18.2 Å². The molecule has 6 heteroatoms. The Hall–Kier alpha value is -1.17. The van der Waals surface area contributed by atoms with Crippen LogP contribution in [-0.4, -0.2) is 22.2 Å². The third-order valence-corrected chi connectivity index (χ3v) is 2.40. The van der Waals surface area contributed by atoms with Gasteiger partial charge in [-0.3, -0.25) is 4.79 Å². The maximum absolute atomic E-state index is 12.9. The summed E-state index contributed by atoms with van der Waals surface area (Å²) < 4.78 is 12.9. The molecule has 0 aliphatic rings. The van der Waals surface area contributed by atoms with Crippen LogP contribution in [0.5, 0.6) is 0 Å². The van der Waals surface area contributed by atoms with Crippen molar-refractivity contribution in [2.75, 3.05) is 0 Å². The van der Waals surface area contributed by atoms with Gasteiger partial charge in [-0.1, -0.05) is 11.6 Å². The van der Waals surface area contributed by atoms with Crippen LogP contribution in [0.4, 0.5) is 4.39 Å². The molecule has 4 N–H and O–H groups in total. The van der Waals surface area contributed by atoms with Crippen molar-refractivity contribution in [3.05, 3.63) is 34.6 Å². The minimum atomic E-state index is -1.45. The number of carbonyl (C=O) groups is 1. The maximum atomic E-state index is 12.9. The van der Waals surface area contributed by atoms with Gasteiger partial charge in [0, 0.05) is 10.6 Å². The van der Waals surface area contributed by atoms with Crippen molar-refractivity contribution in [1.29, 1.82) is 0 Å². The molecule has 4 nitrogen and oxygen atoms in total. The molecule has 0 fully saturated rings. The van der Waals surface area contributed by atoms with Gasteiger partial charge < -0.3 is 15.9 Å². The Morgan fingerprint density at radius 3 is 2.69 bits per heavy atom. The van der Waals surface area contributed by atoms with Crippen LogP contribution in [0.3, 0.4) is 0 Å². The van der Waals surface area contributed by atoms with Gasteiger partial charge in [0.05, 0.1) is 12.5 Å². The van der Waals surface area contributed by atoms with Crippen LogP contribution in [0, 0.1) is 5.82 Å². The molecular weight excluding hydrogens is 237 g/mol. The van der Waals surface area contributed by atoms with E-state index in [1.165, 1.54) is 6.07 Å².